The van der Waals surface area contributed by atoms with Gasteiger partial charge in [0.05, 0.1) is 23.9 Å². The van der Waals surface area contributed by atoms with Crippen LogP contribution >= 0.6 is 0 Å². The van der Waals surface area contributed by atoms with Crippen molar-refractivity contribution in [1.82, 2.24) is 0 Å². The van der Waals surface area contributed by atoms with E-state index >= 15 is 0 Å². The van der Waals surface area contributed by atoms with Crippen LogP contribution in [0.3, 0.4) is 0 Å². The van der Waals surface area contributed by atoms with Gasteiger partial charge in [0.15, 0.2) is 0 Å². The van der Waals surface area contributed by atoms with Gasteiger partial charge in [-0.2, -0.15) is 0 Å². The molecule has 7 atom stereocenters. The van der Waals surface area contributed by atoms with Crippen molar-refractivity contribution in [2.45, 2.75) is 76.1 Å². The van der Waals surface area contributed by atoms with Gasteiger partial charge in [0.1, 0.15) is 0 Å². The van der Waals surface area contributed by atoms with Gasteiger partial charge in [0.2, 0.25) is 0 Å². The quantitative estimate of drug-likeness (QED) is 0.552. The molecule has 4 aliphatic rings. The average Bonchev–Trinajstić information content (AvgIpc) is 2.83. The van der Waals surface area contributed by atoms with Crippen molar-refractivity contribution in [1.29, 1.82) is 0 Å². The summed E-state index contributed by atoms with van der Waals surface area (Å²) in [5.74, 6) is 0.387. The molecule has 0 unspecified atom stereocenters. The maximum atomic E-state index is 11.6. The van der Waals surface area contributed by atoms with E-state index < -0.39 is 22.7 Å². The van der Waals surface area contributed by atoms with Crippen LogP contribution in [0.1, 0.15) is 58.8 Å². The fourth-order valence-electron chi connectivity index (χ4n) is 7.03. The third-order valence-electron chi connectivity index (χ3n) is 8.77. The summed E-state index contributed by atoms with van der Waals surface area (Å²) < 4.78 is 0. The van der Waals surface area contributed by atoms with Crippen molar-refractivity contribution < 1.29 is 20.4 Å². The Morgan fingerprint density at radius 1 is 1.12 bits per heavy atom. The Morgan fingerprint density at radius 3 is 2.50 bits per heavy atom. The molecule has 4 fully saturated rings. The Morgan fingerprint density at radius 2 is 1.83 bits per heavy atom. The molecule has 0 amide bonds. The number of fused-ring (bicyclic) bond motifs is 2. The van der Waals surface area contributed by atoms with E-state index in [-0.39, 0.29) is 29.8 Å². The molecule has 0 aromatic heterocycles. The van der Waals surface area contributed by atoms with Crippen LogP contribution < -0.4 is 0 Å². The first-order valence-electron chi connectivity index (χ1n) is 9.52. The predicted molar refractivity (Wildman–Crippen MR) is 91.1 cm³/mol. The molecule has 0 radical (unpaired) electrons. The number of aliphatic hydroxyl groups is 4. The van der Waals surface area contributed by atoms with Crippen LogP contribution in [0.25, 0.3) is 0 Å². The van der Waals surface area contributed by atoms with Gasteiger partial charge in [-0.05, 0) is 62.2 Å². The molecule has 136 valence electrons. The molecule has 4 saturated carbocycles. The van der Waals surface area contributed by atoms with Gasteiger partial charge in [0, 0.05) is 11.3 Å². The summed E-state index contributed by atoms with van der Waals surface area (Å²) >= 11 is 0. The van der Waals surface area contributed by atoms with E-state index in [1.807, 2.05) is 13.8 Å². The molecule has 4 rings (SSSR count). The minimum Gasteiger partial charge on any atom is -0.393 e. The molecular formula is C20H32O4. The lowest BCUT2D eigenvalue weighted by Gasteiger charge is -2.41. The van der Waals surface area contributed by atoms with Gasteiger partial charge < -0.3 is 20.4 Å². The van der Waals surface area contributed by atoms with Gasteiger partial charge in [-0.15, -0.1) is 0 Å². The fraction of sp³-hybridized carbons (Fsp3) is 0.900. The maximum Gasteiger partial charge on any atom is 0.0911 e. The van der Waals surface area contributed by atoms with Crippen molar-refractivity contribution in [2.24, 2.45) is 28.6 Å². The first-order chi connectivity index (χ1) is 11.1. The summed E-state index contributed by atoms with van der Waals surface area (Å²) in [7, 11) is 0. The predicted octanol–water partition coefficient (Wildman–Crippen LogP) is 2.00. The lowest BCUT2D eigenvalue weighted by Crippen LogP contribution is -2.48. The van der Waals surface area contributed by atoms with Gasteiger partial charge >= 0.3 is 0 Å². The average molecular weight is 336 g/mol. The van der Waals surface area contributed by atoms with E-state index in [1.165, 1.54) is 0 Å². The second-order valence-corrected chi connectivity index (χ2v) is 9.86. The van der Waals surface area contributed by atoms with Crippen molar-refractivity contribution in [3.05, 3.63) is 12.2 Å². The Balaban J connectivity index is 1.75. The van der Waals surface area contributed by atoms with Crippen LogP contribution in [0.15, 0.2) is 12.2 Å². The van der Waals surface area contributed by atoms with Gasteiger partial charge in [-0.3, -0.25) is 0 Å². The SMILES string of the molecule is C=C1[C@H]2C[C@H](O)C(C)(C)[C@]2(O)CC[C@@]23C[C@@H](CC[C@@H]12)[C@@](O)(CO)C3. The molecule has 1 spiro atoms. The number of hydrogen-bond donors (Lipinski definition) is 4. The van der Waals surface area contributed by atoms with Crippen LogP contribution in [0.2, 0.25) is 0 Å². The normalized spacial score (nSPS) is 55.8. The summed E-state index contributed by atoms with van der Waals surface area (Å²) in [5.41, 5.74) is -1.40. The lowest BCUT2D eigenvalue weighted by molar-refractivity contribution is -0.102. The highest BCUT2D eigenvalue weighted by molar-refractivity contribution is 5.28. The highest BCUT2D eigenvalue weighted by Crippen LogP contribution is 2.68. The topological polar surface area (TPSA) is 80.9 Å². The van der Waals surface area contributed by atoms with E-state index in [2.05, 4.69) is 6.58 Å². The zero-order valence-corrected chi connectivity index (χ0v) is 15.0. The molecule has 4 aliphatic carbocycles. The fourth-order valence-corrected chi connectivity index (χ4v) is 7.03. The number of hydrogen-bond acceptors (Lipinski definition) is 4. The Hall–Kier alpha value is -0.420. The summed E-state index contributed by atoms with van der Waals surface area (Å²) in [6.45, 7) is 8.19. The van der Waals surface area contributed by atoms with E-state index in [4.69, 9.17) is 0 Å². The third kappa shape index (κ3) is 1.83. The van der Waals surface area contributed by atoms with Crippen molar-refractivity contribution >= 4 is 0 Å². The Bertz CT molecular complexity index is 572. The third-order valence-corrected chi connectivity index (χ3v) is 8.77. The van der Waals surface area contributed by atoms with Crippen LogP contribution in [0.4, 0.5) is 0 Å². The van der Waals surface area contributed by atoms with Crippen LogP contribution in [-0.4, -0.2) is 44.3 Å². The highest BCUT2D eigenvalue weighted by Gasteiger charge is 2.67. The molecule has 24 heavy (non-hydrogen) atoms. The van der Waals surface area contributed by atoms with Crippen LogP contribution in [0, 0.1) is 28.6 Å². The van der Waals surface area contributed by atoms with E-state index in [0.29, 0.717) is 19.3 Å². The molecule has 0 heterocycles. The molecule has 0 saturated heterocycles. The minimum atomic E-state index is -0.966. The zero-order chi connectivity index (χ0) is 17.5. The first kappa shape index (κ1) is 17.0. The van der Waals surface area contributed by atoms with Crippen molar-refractivity contribution in [3.8, 4) is 0 Å². The second-order valence-electron chi connectivity index (χ2n) is 9.86. The molecule has 0 aliphatic heterocycles. The molecule has 0 aromatic carbocycles. The minimum absolute atomic E-state index is 0.0431. The molecule has 0 aromatic rings. The molecule has 4 heteroatoms. The van der Waals surface area contributed by atoms with E-state index in [1.54, 1.807) is 0 Å². The standard InChI is InChI=1S/C20H32O4/c1-12-14-5-4-13-9-18(14,10-19(13,23)11-21)6-7-20(24)15(12)8-16(22)17(20,2)3/h13-16,21-24H,1,4-11H2,2-3H3/t13-,14+,15-,16+,18+,19+,20+/m1/s1. The summed E-state index contributed by atoms with van der Waals surface area (Å²) in [4.78, 5) is 0. The van der Waals surface area contributed by atoms with E-state index in [0.717, 1.165) is 31.3 Å². The molecular weight excluding hydrogens is 304 g/mol. The maximum absolute atomic E-state index is 11.6. The van der Waals surface area contributed by atoms with Gasteiger partial charge in [0.25, 0.3) is 0 Å². The molecule has 4 N–H and O–H groups in total. The summed E-state index contributed by atoms with van der Waals surface area (Å²) in [5, 5.41) is 42.8. The summed E-state index contributed by atoms with van der Waals surface area (Å²) in [6, 6.07) is 0. The summed E-state index contributed by atoms with van der Waals surface area (Å²) in [6.07, 6.45) is 5.02. The zero-order valence-electron chi connectivity index (χ0n) is 15.0. The Kier molecular flexibility index (Phi) is 3.44. The van der Waals surface area contributed by atoms with Crippen LogP contribution in [-0.2, 0) is 0 Å². The highest BCUT2D eigenvalue weighted by atomic mass is 16.3. The molecule has 2 bridgehead atoms. The lowest BCUT2D eigenvalue weighted by atomic mass is 9.63. The second kappa shape index (κ2) is 4.85. The number of aliphatic hydroxyl groups excluding tert-OH is 2. The van der Waals surface area contributed by atoms with Crippen molar-refractivity contribution in [2.75, 3.05) is 6.61 Å². The smallest absolute Gasteiger partial charge is 0.0911 e. The Labute approximate surface area is 144 Å². The van der Waals surface area contributed by atoms with E-state index in [9.17, 15) is 20.4 Å². The number of rotatable bonds is 1. The van der Waals surface area contributed by atoms with Gasteiger partial charge in [-0.1, -0.05) is 26.0 Å². The van der Waals surface area contributed by atoms with Crippen LogP contribution in [0.5, 0.6) is 0 Å². The first-order valence-corrected chi connectivity index (χ1v) is 9.52. The molecule has 4 nitrogen and oxygen atoms in total. The van der Waals surface area contributed by atoms with Gasteiger partial charge in [-0.25, -0.2) is 0 Å². The largest absolute Gasteiger partial charge is 0.393 e. The van der Waals surface area contributed by atoms with Crippen molar-refractivity contribution in [3.63, 3.8) is 0 Å². The monoisotopic (exact) mass is 336 g/mol.